The smallest absolute Gasteiger partial charge is 0.281 e. The summed E-state index contributed by atoms with van der Waals surface area (Å²) in [5, 5.41) is 21.7. The van der Waals surface area contributed by atoms with Gasteiger partial charge in [-0.25, -0.2) is 10.0 Å². The van der Waals surface area contributed by atoms with Crippen LogP contribution in [-0.4, -0.2) is 78.1 Å². The first-order valence-corrected chi connectivity index (χ1v) is 6.76. The molecule has 2 heterocycles. The van der Waals surface area contributed by atoms with Crippen LogP contribution in [-0.2, 0) is 9.59 Å². The first-order valence-electron chi connectivity index (χ1n) is 5.94. The van der Waals surface area contributed by atoms with Crippen molar-refractivity contribution in [2.24, 2.45) is 0 Å². The molecule has 0 radical (unpaired) electrons. The van der Waals surface area contributed by atoms with Gasteiger partial charge in [-0.1, -0.05) is 12.2 Å². The molecule has 0 bridgehead atoms. The van der Waals surface area contributed by atoms with E-state index in [4.69, 9.17) is 24.4 Å². The third kappa shape index (κ3) is 2.29. The van der Waals surface area contributed by atoms with E-state index in [1.807, 2.05) is 0 Å². The molecule has 0 spiro atoms. The topological polar surface area (TPSA) is 87.6 Å². The quantitative estimate of drug-likeness (QED) is 0.483. The predicted octanol–water partition coefficient (Wildman–Crippen LogP) is -1.40. The molecule has 2 saturated heterocycles. The van der Waals surface area contributed by atoms with Gasteiger partial charge >= 0.3 is 0 Å². The Bertz CT molecular complexity index is 566. The van der Waals surface area contributed by atoms with Crippen LogP contribution >= 0.6 is 24.4 Å². The monoisotopic (exact) mass is 330 g/mol. The van der Waals surface area contributed by atoms with Crippen LogP contribution in [0.4, 0.5) is 0 Å². The molecule has 2 N–H and O–H groups in total. The summed E-state index contributed by atoms with van der Waals surface area (Å²) in [5.74, 6) is -1.33. The van der Waals surface area contributed by atoms with Crippen LogP contribution in [0.2, 0.25) is 0 Å². The molecule has 8 nitrogen and oxygen atoms in total. The van der Waals surface area contributed by atoms with Gasteiger partial charge in [-0.05, 0) is 31.4 Å². The number of hydrogen-bond acceptors (Lipinski definition) is 6. The lowest BCUT2D eigenvalue weighted by molar-refractivity contribution is -0.154. The van der Waals surface area contributed by atoms with Crippen molar-refractivity contribution in [2.75, 3.05) is 13.6 Å². The molecule has 2 atom stereocenters. The lowest BCUT2D eigenvalue weighted by Gasteiger charge is -2.32. The maximum absolute atomic E-state index is 12.1. The molecular weight excluding hydrogens is 316 g/mol. The summed E-state index contributed by atoms with van der Waals surface area (Å²) < 4.78 is 0. The molecule has 0 aliphatic carbocycles. The van der Waals surface area contributed by atoms with Crippen LogP contribution in [0.5, 0.6) is 0 Å². The van der Waals surface area contributed by atoms with Gasteiger partial charge in [-0.2, -0.15) is 0 Å². The molecule has 2 fully saturated rings. The van der Waals surface area contributed by atoms with E-state index in [0.29, 0.717) is 5.57 Å². The van der Waals surface area contributed by atoms with Crippen LogP contribution in [0.1, 0.15) is 6.92 Å². The number of aliphatic hydroxyl groups is 2. The highest BCUT2D eigenvalue weighted by atomic mass is 32.1. The number of hydrazine groups is 1. The number of likely N-dealkylation sites (N-methyl/N-ethyl adjacent to an activating group) is 1. The van der Waals surface area contributed by atoms with E-state index in [1.165, 1.54) is 7.05 Å². The van der Waals surface area contributed by atoms with Crippen molar-refractivity contribution in [3.63, 3.8) is 0 Å². The second-order valence-electron chi connectivity index (χ2n) is 4.78. The number of hydrogen-bond donors (Lipinski definition) is 2. The molecule has 0 aromatic heterocycles. The number of rotatable bonds is 3. The maximum atomic E-state index is 12.1. The van der Waals surface area contributed by atoms with Crippen LogP contribution in [0, 0.1) is 0 Å². The van der Waals surface area contributed by atoms with Crippen molar-refractivity contribution >= 4 is 46.5 Å². The molecule has 0 aromatic carbocycles. The molecule has 0 aromatic rings. The highest BCUT2D eigenvalue weighted by Gasteiger charge is 2.52. The van der Waals surface area contributed by atoms with Crippen LogP contribution in [0.15, 0.2) is 12.2 Å². The predicted molar refractivity (Wildman–Crippen MR) is 80.2 cm³/mol. The van der Waals surface area contributed by atoms with Crippen molar-refractivity contribution < 1.29 is 19.8 Å². The summed E-state index contributed by atoms with van der Waals surface area (Å²) in [6.07, 6.45) is -3.28. The largest absolute Gasteiger partial charge is 0.364 e. The highest BCUT2D eigenvalue weighted by Crippen LogP contribution is 2.26. The van der Waals surface area contributed by atoms with Crippen molar-refractivity contribution in [3.8, 4) is 0 Å². The third-order valence-electron chi connectivity index (χ3n) is 3.07. The Morgan fingerprint density at radius 2 is 1.62 bits per heavy atom. The standard InChI is InChI=1S/C11H14N4O4S2/c1-5(2)4-13-7(17)9(19)15(11(13)21)14-8(18)6(16)12(3)10(14)20/h8-9,18-19H,1,4H2,2-3H3. The molecular formula is C11H14N4O4S2. The van der Waals surface area contributed by atoms with Gasteiger partial charge in [0.15, 0.2) is 5.11 Å². The van der Waals surface area contributed by atoms with E-state index in [1.54, 1.807) is 6.92 Å². The number of carbonyl (C=O) groups excluding carboxylic acids is 2. The normalized spacial score (nSPS) is 26.5. The zero-order chi connectivity index (χ0) is 16.1. The lowest BCUT2D eigenvalue weighted by Crippen LogP contribution is -2.54. The van der Waals surface area contributed by atoms with E-state index in [9.17, 15) is 19.8 Å². The van der Waals surface area contributed by atoms with Crippen molar-refractivity contribution in [1.82, 2.24) is 19.8 Å². The number of carbonyl (C=O) groups is 2. The zero-order valence-electron chi connectivity index (χ0n) is 11.4. The highest BCUT2D eigenvalue weighted by molar-refractivity contribution is 7.80. The Labute approximate surface area is 131 Å². The Balaban J connectivity index is 2.34. The van der Waals surface area contributed by atoms with E-state index in [0.717, 1.165) is 19.8 Å². The summed E-state index contributed by atoms with van der Waals surface area (Å²) in [6.45, 7) is 5.52. The molecule has 2 rings (SSSR count). The fraction of sp³-hybridized carbons (Fsp3) is 0.455. The number of thiocarbonyl (C=S) groups is 2. The third-order valence-corrected chi connectivity index (χ3v) is 3.94. The van der Waals surface area contributed by atoms with Gasteiger partial charge < -0.3 is 10.2 Å². The van der Waals surface area contributed by atoms with Gasteiger partial charge in [0.05, 0.1) is 0 Å². The molecule has 2 aliphatic heterocycles. The van der Waals surface area contributed by atoms with Gasteiger partial charge in [-0.3, -0.25) is 19.4 Å². The first-order chi connectivity index (χ1) is 9.68. The maximum Gasteiger partial charge on any atom is 0.281 e. The molecule has 21 heavy (non-hydrogen) atoms. The van der Waals surface area contributed by atoms with Crippen molar-refractivity contribution in [2.45, 2.75) is 19.4 Å². The molecule has 2 aliphatic rings. The second-order valence-corrected chi connectivity index (χ2v) is 5.51. The lowest BCUT2D eigenvalue weighted by atomic mass is 10.3. The number of amides is 2. The van der Waals surface area contributed by atoms with Crippen LogP contribution < -0.4 is 0 Å². The van der Waals surface area contributed by atoms with Gasteiger partial charge in [0.2, 0.25) is 17.6 Å². The Morgan fingerprint density at radius 1 is 1.14 bits per heavy atom. The molecule has 2 amide bonds. The average molecular weight is 330 g/mol. The Morgan fingerprint density at radius 3 is 2.05 bits per heavy atom. The van der Waals surface area contributed by atoms with Crippen molar-refractivity contribution in [1.29, 1.82) is 0 Å². The van der Waals surface area contributed by atoms with Gasteiger partial charge in [0, 0.05) is 13.6 Å². The summed E-state index contributed by atoms with van der Waals surface area (Å²) in [4.78, 5) is 26.0. The van der Waals surface area contributed by atoms with E-state index < -0.39 is 24.3 Å². The van der Waals surface area contributed by atoms with Crippen molar-refractivity contribution in [3.05, 3.63) is 12.2 Å². The first kappa shape index (κ1) is 15.8. The summed E-state index contributed by atoms with van der Waals surface area (Å²) in [6, 6.07) is 0. The fourth-order valence-corrected chi connectivity index (χ4v) is 2.65. The van der Waals surface area contributed by atoms with Gasteiger partial charge in [-0.15, -0.1) is 0 Å². The Hall–Kier alpha value is -1.62. The SMILES string of the molecule is C=C(C)CN1C(=O)C(O)N(N2C(=S)N(C)C(=O)C2O)C1=S. The Kier molecular flexibility index (Phi) is 3.97. The van der Waals surface area contributed by atoms with Gasteiger partial charge in [0.1, 0.15) is 0 Å². The molecule has 0 saturated carbocycles. The molecule has 2 unspecified atom stereocenters. The van der Waals surface area contributed by atoms with Gasteiger partial charge in [0.25, 0.3) is 11.8 Å². The molecule has 114 valence electrons. The summed E-state index contributed by atoms with van der Waals surface area (Å²) >= 11 is 10.2. The average Bonchev–Trinajstić information content (AvgIpc) is 2.72. The van der Waals surface area contributed by atoms with E-state index in [2.05, 4.69) is 6.58 Å². The fourth-order valence-electron chi connectivity index (χ4n) is 2.03. The van der Waals surface area contributed by atoms with Crippen LogP contribution in [0.25, 0.3) is 0 Å². The van der Waals surface area contributed by atoms with Crippen LogP contribution in [0.3, 0.4) is 0 Å². The number of aliphatic hydroxyl groups excluding tert-OH is 2. The molecule has 10 heteroatoms. The minimum Gasteiger partial charge on any atom is -0.364 e. The minimum absolute atomic E-state index is 0.0556. The summed E-state index contributed by atoms with van der Waals surface area (Å²) in [7, 11) is 1.38. The second kappa shape index (κ2) is 5.30. The summed E-state index contributed by atoms with van der Waals surface area (Å²) in [5.41, 5.74) is 0.664. The zero-order valence-corrected chi connectivity index (χ0v) is 13.0. The number of nitrogens with zero attached hydrogens (tertiary/aromatic N) is 4. The van der Waals surface area contributed by atoms with E-state index in [-0.39, 0.29) is 16.8 Å². The van der Waals surface area contributed by atoms with E-state index >= 15 is 0 Å². The minimum atomic E-state index is -1.65.